The zero-order valence-electron chi connectivity index (χ0n) is 9.82. The van der Waals surface area contributed by atoms with Crippen LogP contribution in [0.2, 0.25) is 0 Å². The van der Waals surface area contributed by atoms with E-state index >= 15 is 0 Å². The summed E-state index contributed by atoms with van der Waals surface area (Å²) >= 11 is 0. The van der Waals surface area contributed by atoms with E-state index in [0.29, 0.717) is 5.69 Å². The first-order valence-corrected chi connectivity index (χ1v) is 5.65. The van der Waals surface area contributed by atoms with Crippen LogP contribution >= 0.6 is 0 Å². The largest absolute Gasteiger partial charge is 0.478 e. The topological polar surface area (TPSA) is 68.9 Å². The first kappa shape index (κ1) is 10.7. The van der Waals surface area contributed by atoms with E-state index in [1.54, 1.807) is 12.3 Å². The Bertz CT molecular complexity index is 737. The van der Waals surface area contributed by atoms with Gasteiger partial charge in [0, 0.05) is 17.1 Å². The third-order valence-electron chi connectivity index (χ3n) is 3.02. The van der Waals surface area contributed by atoms with Gasteiger partial charge in [-0.3, -0.25) is 0 Å². The molecule has 0 aliphatic rings. The molecule has 3 aromatic rings. The number of hydrogen-bond acceptors (Lipinski definition) is 1. The van der Waals surface area contributed by atoms with Crippen LogP contribution in [-0.2, 0) is 0 Å². The monoisotopic (exact) mass is 240 g/mol. The molecule has 0 amide bonds. The van der Waals surface area contributed by atoms with Gasteiger partial charge in [-0.1, -0.05) is 12.1 Å². The zero-order valence-corrected chi connectivity index (χ0v) is 9.82. The lowest BCUT2D eigenvalue weighted by Gasteiger charge is -1.96. The Hall–Kier alpha value is -2.49. The normalized spacial score (nSPS) is 10.9. The van der Waals surface area contributed by atoms with Gasteiger partial charge < -0.3 is 15.1 Å². The molecule has 0 aliphatic heterocycles. The quantitative estimate of drug-likeness (QED) is 0.644. The third-order valence-corrected chi connectivity index (χ3v) is 3.02. The van der Waals surface area contributed by atoms with Crippen LogP contribution < -0.4 is 0 Å². The van der Waals surface area contributed by atoms with Crippen LogP contribution in [-0.4, -0.2) is 21.0 Å². The molecule has 0 fully saturated rings. The summed E-state index contributed by atoms with van der Waals surface area (Å²) in [6.07, 6.45) is 1.63. The molecule has 0 saturated carbocycles. The highest BCUT2D eigenvalue weighted by atomic mass is 16.4. The maximum absolute atomic E-state index is 11.1. The Balaban J connectivity index is 2.19. The molecule has 0 atom stereocenters. The van der Waals surface area contributed by atoms with Crippen molar-refractivity contribution in [2.24, 2.45) is 0 Å². The van der Waals surface area contributed by atoms with Crippen molar-refractivity contribution < 1.29 is 9.90 Å². The fourth-order valence-electron chi connectivity index (χ4n) is 2.15. The van der Waals surface area contributed by atoms with E-state index in [9.17, 15) is 4.79 Å². The lowest BCUT2D eigenvalue weighted by molar-refractivity contribution is 0.0698. The van der Waals surface area contributed by atoms with Crippen molar-refractivity contribution in [1.82, 2.24) is 9.97 Å². The Labute approximate surface area is 103 Å². The number of carboxylic acids is 1. The molecule has 2 aromatic heterocycles. The molecule has 3 N–H and O–H groups in total. The standard InChI is InChI=1S/C14H12N2O2/c1-8-2-3-9-7-12(16-11(9)6-8)13-10(14(17)18)4-5-15-13/h2-7,15-16H,1H3,(H,17,18). The van der Waals surface area contributed by atoms with Crippen molar-refractivity contribution in [3.8, 4) is 11.4 Å². The van der Waals surface area contributed by atoms with E-state index < -0.39 is 5.97 Å². The van der Waals surface area contributed by atoms with Gasteiger partial charge >= 0.3 is 5.97 Å². The van der Waals surface area contributed by atoms with E-state index in [1.807, 2.05) is 31.2 Å². The van der Waals surface area contributed by atoms with Gasteiger partial charge in [-0.25, -0.2) is 4.79 Å². The van der Waals surface area contributed by atoms with Gasteiger partial charge in [0.2, 0.25) is 0 Å². The molecule has 18 heavy (non-hydrogen) atoms. The predicted molar refractivity (Wildman–Crippen MR) is 69.8 cm³/mol. The highest BCUT2D eigenvalue weighted by Gasteiger charge is 2.14. The highest BCUT2D eigenvalue weighted by Crippen LogP contribution is 2.26. The number of benzene rings is 1. The number of rotatable bonds is 2. The van der Waals surface area contributed by atoms with E-state index in [1.165, 1.54) is 5.56 Å². The fraction of sp³-hybridized carbons (Fsp3) is 0.0714. The number of hydrogen-bond donors (Lipinski definition) is 3. The third kappa shape index (κ3) is 1.59. The van der Waals surface area contributed by atoms with Gasteiger partial charge in [0.15, 0.2) is 0 Å². The van der Waals surface area contributed by atoms with Crippen LogP contribution in [0.4, 0.5) is 0 Å². The Kier molecular flexibility index (Phi) is 2.23. The summed E-state index contributed by atoms with van der Waals surface area (Å²) in [5.41, 5.74) is 3.85. The Morgan fingerprint density at radius 3 is 2.83 bits per heavy atom. The second-order valence-corrected chi connectivity index (χ2v) is 4.35. The number of nitrogens with one attached hydrogen (secondary N) is 2. The van der Waals surface area contributed by atoms with Gasteiger partial charge in [0.05, 0.1) is 17.0 Å². The molecule has 0 aliphatic carbocycles. The minimum absolute atomic E-state index is 0.276. The van der Waals surface area contributed by atoms with Gasteiger partial charge in [0.25, 0.3) is 0 Å². The molecule has 90 valence electrons. The van der Waals surface area contributed by atoms with Crippen molar-refractivity contribution in [2.45, 2.75) is 6.92 Å². The maximum Gasteiger partial charge on any atom is 0.337 e. The summed E-state index contributed by atoms with van der Waals surface area (Å²) < 4.78 is 0. The van der Waals surface area contributed by atoms with Crippen LogP contribution in [0.15, 0.2) is 36.5 Å². The predicted octanol–water partition coefficient (Wildman–Crippen LogP) is 3.17. The zero-order chi connectivity index (χ0) is 12.7. The molecule has 4 heteroatoms. The van der Waals surface area contributed by atoms with Crippen LogP contribution in [0.5, 0.6) is 0 Å². The summed E-state index contributed by atoms with van der Waals surface area (Å²) in [6.45, 7) is 2.03. The van der Waals surface area contributed by atoms with E-state index in [-0.39, 0.29) is 5.56 Å². The molecule has 0 saturated heterocycles. The molecule has 0 unspecified atom stereocenters. The van der Waals surface area contributed by atoms with Crippen LogP contribution in [0.3, 0.4) is 0 Å². The van der Waals surface area contributed by atoms with Crippen molar-refractivity contribution in [3.05, 3.63) is 47.7 Å². The first-order valence-electron chi connectivity index (χ1n) is 5.65. The molecule has 0 radical (unpaired) electrons. The summed E-state index contributed by atoms with van der Waals surface area (Å²) in [4.78, 5) is 17.3. The van der Waals surface area contributed by atoms with Gasteiger partial charge in [-0.15, -0.1) is 0 Å². The van der Waals surface area contributed by atoms with Crippen molar-refractivity contribution >= 4 is 16.9 Å². The minimum atomic E-state index is -0.930. The summed E-state index contributed by atoms with van der Waals surface area (Å²) in [6, 6.07) is 9.62. The number of aromatic nitrogens is 2. The van der Waals surface area contributed by atoms with Gasteiger partial charge in [0.1, 0.15) is 0 Å². The summed E-state index contributed by atoms with van der Waals surface area (Å²) in [7, 11) is 0. The molecule has 4 nitrogen and oxygen atoms in total. The Morgan fingerprint density at radius 1 is 1.22 bits per heavy atom. The van der Waals surface area contributed by atoms with Gasteiger partial charge in [-0.05, 0) is 30.7 Å². The number of H-pyrrole nitrogens is 2. The number of carbonyl (C=O) groups is 1. The van der Waals surface area contributed by atoms with Crippen LogP contribution in [0, 0.1) is 6.92 Å². The number of fused-ring (bicyclic) bond motifs is 1. The van der Waals surface area contributed by atoms with E-state index in [2.05, 4.69) is 9.97 Å². The summed E-state index contributed by atoms with van der Waals surface area (Å²) in [5.74, 6) is -0.930. The lowest BCUT2D eigenvalue weighted by Crippen LogP contribution is -1.96. The van der Waals surface area contributed by atoms with Crippen LogP contribution in [0.1, 0.15) is 15.9 Å². The minimum Gasteiger partial charge on any atom is -0.478 e. The molecular weight excluding hydrogens is 228 g/mol. The van der Waals surface area contributed by atoms with Crippen LogP contribution in [0.25, 0.3) is 22.3 Å². The molecule has 2 heterocycles. The van der Waals surface area contributed by atoms with Crippen molar-refractivity contribution in [3.63, 3.8) is 0 Å². The second-order valence-electron chi connectivity index (χ2n) is 4.35. The summed E-state index contributed by atoms with van der Waals surface area (Å²) in [5, 5.41) is 10.2. The maximum atomic E-state index is 11.1. The molecule has 0 spiro atoms. The smallest absolute Gasteiger partial charge is 0.337 e. The van der Waals surface area contributed by atoms with Crippen molar-refractivity contribution in [1.29, 1.82) is 0 Å². The number of aryl methyl sites for hydroxylation is 1. The molecule has 1 aromatic carbocycles. The number of aromatic amines is 2. The Morgan fingerprint density at radius 2 is 2.06 bits per heavy atom. The first-order chi connectivity index (χ1) is 8.65. The average Bonchev–Trinajstić information content (AvgIpc) is 2.93. The highest BCUT2D eigenvalue weighted by molar-refractivity contribution is 5.96. The molecule has 3 rings (SSSR count). The van der Waals surface area contributed by atoms with E-state index in [4.69, 9.17) is 5.11 Å². The SMILES string of the molecule is Cc1ccc2cc(-c3[nH]ccc3C(=O)O)[nH]c2c1. The molecule has 0 bridgehead atoms. The molecular formula is C14H12N2O2. The second kappa shape index (κ2) is 3.77. The number of carboxylic acid groups (broad SMARTS) is 1. The number of aromatic carboxylic acids is 1. The van der Waals surface area contributed by atoms with Crippen molar-refractivity contribution in [2.75, 3.05) is 0 Å². The fourth-order valence-corrected chi connectivity index (χ4v) is 2.15. The van der Waals surface area contributed by atoms with Gasteiger partial charge in [-0.2, -0.15) is 0 Å². The van der Waals surface area contributed by atoms with E-state index in [0.717, 1.165) is 16.6 Å². The average molecular weight is 240 g/mol. The lowest BCUT2D eigenvalue weighted by atomic mass is 10.1.